The van der Waals surface area contributed by atoms with Crippen molar-refractivity contribution in [2.75, 3.05) is 35.3 Å². The van der Waals surface area contributed by atoms with Gasteiger partial charge in [0.1, 0.15) is 16.7 Å². The monoisotopic (exact) mass is 534 g/mol. The third-order valence-corrected chi connectivity index (χ3v) is 5.79. The van der Waals surface area contributed by atoms with Crippen molar-refractivity contribution in [3.63, 3.8) is 0 Å². The largest absolute Gasteiger partial charge is 1.00 e. The number of urea groups is 1. The summed E-state index contributed by atoms with van der Waals surface area (Å²) in [6, 6.07) is 21.5. The molecule has 0 heterocycles. The molecule has 0 spiro atoms. The average molecular weight is 535 g/mol. The summed E-state index contributed by atoms with van der Waals surface area (Å²) < 4.78 is 33.5. The van der Waals surface area contributed by atoms with Crippen LogP contribution in [0.1, 0.15) is 0 Å². The first-order chi connectivity index (χ1) is 16.6. The standard InChI is InChI=1S/C24H24N4O6S.K/c1-27(19-10-4-2-5-11-19)23(30)17-28(20-12-6-3-7-13-20)22(29)16-25-24(31)26-18-9-8-14-21(15-18)35(32,33)34;/h2-15H,16-17H2,1H3,(H2,25,26,31)(H,32,33,34);/q;+1/p-1. The van der Waals surface area contributed by atoms with E-state index in [2.05, 4.69) is 10.6 Å². The Morgan fingerprint density at radius 1 is 0.833 bits per heavy atom. The summed E-state index contributed by atoms with van der Waals surface area (Å²) in [5.74, 6) is -0.884. The molecule has 4 amide bonds. The molecule has 0 bridgehead atoms. The Bertz CT molecular complexity index is 1310. The predicted octanol–water partition coefficient (Wildman–Crippen LogP) is -0.588. The van der Waals surface area contributed by atoms with Crippen LogP contribution in [0.25, 0.3) is 0 Å². The van der Waals surface area contributed by atoms with Crippen molar-refractivity contribution in [2.45, 2.75) is 4.90 Å². The molecule has 0 aromatic heterocycles. The van der Waals surface area contributed by atoms with E-state index in [1.165, 1.54) is 21.9 Å². The molecule has 12 heteroatoms. The number of rotatable bonds is 8. The van der Waals surface area contributed by atoms with Crippen LogP contribution in [0, 0.1) is 0 Å². The number of nitrogens with zero attached hydrogens (tertiary/aromatic N) is 2. The van der Waals surface area contributed by atoms with Crippen molar-refractivity contribution in [3.8, 4) is 0 Å². The van der Waals surface area contributed by atoms with E-state index >= 15 is 0 Å². The van der Waals surface area contributed by atoms with Gasteiger partial charge in [0.2, 0.25) is 11.8 Å². The first-order valence-electron chi connectivity index (χ1n) is 10.4. The molecule has 10 nitrogen and oxygen atoms in total. The van der Waals surface area contributed by atoms with E-state index in [1.54, 1.807) is 61.6 Å². The normalized spacial score (nSPS) is 10.5. The Morgan fingerprint density at radius 2 is 1.42 bits per heavy atom. The summed E-state index contributed by atoms with van der Waals surface area (Å²) in [4.78, 5) is 40.3. The van der Waals surface area contributed by atoms with Crippen LogP contribution in [0.4, 0.5) is 21.9 Å². The van der Waals surface area contributed by atoms with Gasteiger partial charge in [0, 0.05) is 24.1 Å². The number of hydrogen-bond donors (Lipinski definition) is 2. The van der Waals surface area contributed by atoms with Gasteiger partial charge in [-0.05, 0) is 42.5 Å². The molecular weight excluding hydrogens is 511 g/mol. The van der Waals surface area contributed by atoms with E-state index in [9.17, 15) is 27.4 Å². The number of carbonyl (C=O) groups is 3. The van der Waals surface area contributed by atoms with E-state index in [-0.39, 0.29) is 69.5 Å². The van der Waals surface area contributed by atoms with Crippen molar-refractivity contribution in [1.29, 1.82) is 0 Å². The molecule has 0 unspecified atom stereocenters. The first kappa shape index (κ1) is 29.6. The summed E-state index contributed by atoms with van der Waals surface area (Å²) in [6.07, 6.45) is 0. The van der Waals surface area contributed by atoms with E-state index in [1.807, 2.05) is 6.07 Å². The Labute approximate surface area is 251 Å². The Morgan fingerprint density at radius 3 is 2.00 bits per heavy atom. The van der Waals surface area contributed by atoms with Crippen LogP contribution in [0.3, 0.4) is 0 Å². The quantitative estimate of drug-likeness (QED) is 0.293. The maximum atomic E-state index is 13.0. The smallest absolute Gasteiger partial charge is 0.744 e. The summed E-state index contributed by atoms with van der Waals surface area (Å²) in [5, 5.41) is 4.75. The minimum Gasteiger partial charge on any atom is -0.744 e. The topological polar surface area (TPSA) is 139 Å². The van der Waals surface area contributed by atoms with Gasteiger partial charge in [0.15, 0.2) is 0 Å². The van der Waals surface area contributed by atoms with Crippen LogP contribution in [-0.4, -0.2) is 51.0 Å². The Hall–Kier alpha value is -2.58. The molecule has 2 N–H and O–H groups in total. The number of likely N-dealkylation sites (N-methyl/N-ethyl adjacent to an activating group) is 1. The third-order valence-electron chi connectivity index (χ3n) is 4.96. The minimum absolute atomic E-state index is 0. The van der Waals surface area contributed by atoms with E-state index in [0.717, 1.165) is 12.1 Å². The Kier molecular flexibility index (Phi) is 11.2. The number of para-hydroxylation sites is 2. The molecule has 3 aromatic rings. The SMILES string of the molecule is CN(C(=O)CN(C(=O)CNC(=O)Nc1cccc(S(=O)(=O)[O-])c1)c1ccccc1)c1ccccc1.[K+]. The zero-order chi connectivity index (χ0) is 25.4. The van der Waals surface area contributed by atoms with Gasteiger partial charge in [-0.25, -0.2) is 13.2 Å². The van der Waals surface area contributed by atoms with Crippen LogP contribution in [0.15, 0.2) is 89.8 Å². The van der Waals surface area contributed by atoms with Gasteiger partial charge in [-0.1, -0.05) is 42.5 Å². The molecule has 3 aromatic carbocycles. The van der Waals surface area contributed by atoms with Crippen molar-refractivity contribution in [1.82, 2.24) is 5.32 Å². The molecule has 0 aliphatic rings. The molecule has 0 fully saturated rings. The van der Waals surface area contributed by atoms with E-state index < -0.39 is 33.5 Å². The summed E-state index contributed by atoms with van der Waals surface area (Å²) in [6.45, 7) is -0.705. The van der Waals surface area contributed by atoms with Crippen LogP contribution < -0.4 is 71.8 Å². The fourth-order valence-corrected chi connectivity index (χ4v) is 3.64. The second-order valence-electron chi connectivity index (χ2n) is 7.39. The molecule has 0 atom stereocenters. The second-order valence-corrected chi connectivity index (χ2v) is 8.77. The fraction of sp³-hybridized carbons (Fsp3) is 0.125. The van der Waals surface area contributed by atoms with Crippen LogP contribution in [0.2, 0.25) is 0 Å². The van der Waals surface area contributed by atoms with Crippen molar-refractivity contribution >= 4 is 45.0 Å². The van der Waals surface area contributed by atoms with E-state index in [0.29, 0.717) is 11.4 Å². The maximum Gasteiger partial charge on any atom is 1.00 e. The first-order valence-corrected chi connectivity index (χ1v) is 11.8. The third kappa shape index (κ3) is 8.52. The molecule has 0 saturated carbocycles. The number of benzene rings is 3. The van der Waals surface area contributed by atoms with Crippen LogP contribution in [-0.2, 0) is 19.7 Å². The molecule has 36 heavy (non-hydrogen) atoms. The van der Waals surface area contributed by atoms with Crippen LogP contribution >= 0.6 is 0 Å². The van der Waals surface area contributed by atoms with Gasteiger partial charge < -0.3 is 25.0 Å². The summed E-state index contributed by atoms with van der Waals surface area (Å²) in [7, 11) is -3.08. The number of carbonyl (C=O) groups excluding carboxylic acids is 3. The predicted molar refractivity (Wildman–Crippen MR) is 130 cm³/mol. The van der Waals surface area contributed by atoms with Crippen molar-refractivity contribution in [3.05, 3.63) is 84.9 Å². The second kappa shape index (κ2) is 13.6. The molecule has 0 radical (unpaired) electrons. The molecule has 0 aliphatic carbocycles. The molecule has 3 rings (SSSR count). The number of nitrogens with one attached hydrogen (secondary N) is 2. The fourth-order valence-electron chi connectivity index (χ4n) is 3.12. The van der Waals surface area contributed by atoms with Gasteiger partial charge in [-0.3, -0.25) is 9.59 Å². The molecule has 182 valence electrons. The van der Waals surface area contributed by atoms with Crippen molar-refractivity contribution in [2.24, 2.45) is 0 Å². The summed E-state index contributed by atoms with van der Waals surface area (Å²) in [5.41, 5.74) is 1.20. The maximum absolute atomic E-state index is 13.0. The van der Waals surface area contributed by atoms with E-state index in [4.69, 9.17) is 0 Å². The average Bonchev–Trinajstić information content (AvgIpc) is 2.86. The van der Waals surface area contributed by atoms with Gasteiger partial charge in [-0.15, -0.1) is 0 Å². The molecule has 0 aliphatic heterocycles. The van der Waals surface area contributed by atoms with Crippen LogP contribution in [0.5, 0.6) is 0 Å². The van der Waals surface area contributed by atoms with Gasteiger partial charge in [0.25, 0.3) is 0 Å². The Balaban J connectivity index is 0.00000456. The molecule has 0 saturated heterocycles. The molecular formula is C24H23KN4O6S. The van der Waals surface area contributed by atoms with Gasteiger partial charge >= 0.3 is 57.4 Å². The minimum atomic E-state index is -4.69. The van der Waals surface area contributed by atoms with Gasteiger partial charge in [0.05, 0.1) is 11.4 Å². The zero-order valence-electron chi connectivity index (χ0n) is 19.7. The number of hydrogen-bond acceptors (Lipinski definition) is 6. The zero-order valence-corrected chi connectivity index (χ0v) is 23.7. The number of anilines is 3. The summed E-state index contributed by atoms with van der Waals surface area (Å²) >= 11 is 0. The number of amides is 4. The van der Waals surface area contributed by atoms with Gasteiger partial charge in [-0.2, -0.15) is 0 Å². The van der Waals surface area contributed by atoms with Crippen molar-refractivity contribution < 1.29 is 78.7 Å².